The molecule has 9 nitrogen and oxygen atoms in total. The Kier molecular flexibility index (Phi) is 6.95. The van der Waals surface area contributed by atoms with Crippen molar-refractivity contribution in [3.05, 3.63) is 54.1 Å². The Labute approximate surface area is 202 Å². The first-order valence-electron chi connectivity index (χ1n) is 11.6. The van der Waals surface area contributed by atoms with E-state index in [9.17, 15) is 24.0 Å². The highest BCUT2D eigenvalue weighted by Gasteiger charge is 2.49. The fourth-order valence-corrected chi connectivity index (χ4v) is 4.64. The molecule has 0 radical (unpaired) electrons. The molecule has 9 heteroatoms. The van der Waals surface area contributed by atoms with Gasteiger partial charge in [-0.25, -0.2) is 4.79 Å². The topological polar surface area (TPSA) is 122 Å². The molecule has 2 aromatic rings. The van der Waals surface area contributed by atoms with Gasteiger partial charge in [-0.15, -0.1) is 0 Å². The molecular weight excluding hydrogens is 450 g/mol. The lowest BCUT2D eigenvalue weighted by molar-refractivity contribution is -0.122. The van der Waals surface area contributed by atoms with Crippen LogP contribution in [0.25, 0.3) is 0 Å². The van der Waals surface area contributed by atoms with Crippen LogP contribution < -0.4 is 15.5 Å². The maximum atomic E-state index is 12.9. The molecule has 0 bridgehead atoms. The summed E-state index contributed by atoms with van der Waals surface area (Å²) in [5.74, 6) is -1.88. The number of anilines is 3. The monoisotopic (exact) mass is 477 g/mol. The van der Waals surface area contributed by atoms with Gasteiger partial charge >= 0.3 is 5.97 Å². The molecule has 4 rings (SSSR count). The van der Waals surface area contributed by atoms with Crippen LogP contribution in [0.3, 0.4) is 0 Å². The van der Waals surface area contributed by atoms with Crippen LogP contribution in [0.5, 0.6) is 0 Å². The molecule has 1 saturated heterocycles. The summed E-state index contributed by atoms with van der Waals surface area (Å²) in [4.78, 5) is 62.4. The number of amides is 4. The number of carbonyl (C=O) groups excluding carboxylic acids is 5. The van der Waals surface area contributed by atoms with E-state index < -0.39 is 18.5 Å². The van der Waals surface area contributed by atoms with Crippen LogP contribution in [0.15, 0.2) is 48.5 Å². The first kappa shape index (κ1) is 24.1. The van der Waals surface area contributed by atoms with Gasteiger partial charge in [0.15, 0.2) is 6.61 Å². The highest BCUT2D eigenvalue weighted by Crippen LogP contribution is 2.42. The third-order valence-electron chi connectivity index (χ3n) is 6.37. The maximum Gasteiger partial charge on any atom is 0.338 e. The van der Waals surface area contributed by atoms with Gasteiger partial charge in [0.25, 0.3) is 5.91 Å². The van der Waals surface area contributed by atoms with Gasteiger partial charge in [-0.05, 0) is 73.7 Å². The van der Waals surface area contributed by atoms with Crippen molar-refractivity contribution in [1.82, 2.24) is 0 Å². The zero-order valence-electron chi connectivity index (χ0n) is 19.6. The van der Waals surface area contributed by atoms with Crippen LogP contribution in [-0.2, 0) is 23.9 Å². The van der Waals surface area contributed by atoms with E-state index in [0.29, 0.717) is 23.0 Å². The normalized spacial score (nSPS) is 21.3. The summed E-state index contributed by atoms with van der Waals surface area (Å²) < 4.78 is 5.08. The van der Waals surface area contributed by atoms with Crippen LogP contribution in [-0.4, -0.2) is 36.2 Å². The summed E-state index contributed by atoms with van der Waals surface area (Å²) in [5.41, 5.74) is 1.71. The molecule has 182 valence electrons. The molecule has 2 N–H and O–H groups in total. The first-order valence-corrected chi connectivity index (χ1v) is 11.6. The lowest BCUT2D eigenvalue weighted by Gasteiger charge is -2.25. The summed E-state index contributed by atoms with van der Waals surface area (Å²) in [6.07, 6.45) is 2.38. The van der Waals surface area contributed by atoms with Gasteiger partial charge < -0.3 is 15.4 Å². The fourth-order valence-electron chi connectivity index (χ4n) is 4.64. The summed E-state index contributed by atoms with van der Waals surface area (Å²) in [5, 5.41) is 5.23. The van der Waals surface area contributed by atoms with Gasteiger partial charge in [-0.3, -0.25) is 24.1 Å². The molecule has 1 heterocycles. The number of imide groups is 1. The third kappa shape index (κ3) is 5.40. The molecule has 2 aromatic carbocycles. The highest BCUT2D eigenvalue weighted by atomic mass is 16.5. The minimum absolute atomic E-state index is 0.177. The van der Waals surface area contributed by atoms with Crippen molar-refractivity contribution < 1.29 is 28.7 Å². The minimum Gasteiger partial charge on any atom is -0.452 e. The molecule has 35 heavy (non-hydrogen) atoms. The number of hydrogen-bond acceptors (Lipinski definition) is 6. The number of hydrogen-bond donors (Lipinski definition) is 2. The molecule has 0 unspecified atom stereocenters. The van der Waals surface area contributed by atoms with E-state index in [0.717, 1.165) is 19.3 Å². The fraction of sp³-hybridized carbons (Fsp3) is 0.346. The Morgan fingerprint density at radius 1 is 0.886 bits per heavy atom. The Bertz CT molecular complexity index is 1160. The number of rotatable bonds is 6. The summed E-state index contributed by atoms with van der Waals surface area (Å²) in [6, 6.07) is 12.5. The van der Waals surface area contributed by atoms with Crippen LogP contribution in [0.2, 0.25) is 0 Å². The predicted octanol–water partition coefficient (Wildman–Crippen LogP) is 3.37. The second-order valence-electron chi connectivity index (χ2n) is 9.07. The molecule has 2 fully saturated rings. The highest BCUT2D eigenvalue weighted by molar-refractivity contribution is 6.22. The molecule has 3 atom stereocenters. The second kappa shape index (κ2) is 10.1. The van der Waals surface area contributed by atoms with Gasteiger partial charge in [0, 0.05) is 18.3 Å². The van der Waals surface area contributed by atoms with Crippen LogP contribution >= 0.6 is 0 Å². The standard InChI is InChI=1S/C26H27N3O6/c1-15-3-12-21-22(13-15)25(33)29(24(21)32)20-10-4-17(5-11-20)26(34)35-14-23(31)28-19-8-6-18(7-9-19)27-16(2)30/h4-11,15,21-22H,3,12-14H2,1-2H3,(H,27,30)(H,28,31)/t15-,21-,22-/m1/s1. The van der Waals surface area contributed by atoms with E-state index in [-0.39, 0.29) is 35.1 Å². The number of benzene rings is 2. The average molecular weight is 478 g/mol. The van der Waals surface area contributed by atoms with Crippen molar-refractivity contribution in [3.63, 3.8) is 0 Å². The van der Waals surface area contributed by atoms with Crippen molar-refractivity contribution >= 4 is 46.7 Å². The Balaban J connectivity index is 1.31. The third-order valence-corrected chi connectivity index (χ3v) is 6.37. The SMILES string of the molecule is CC(=O)Nc1ccc(NC(=O)COC(=O)c2ccc(N3C(=O)[C@@H]4CC[C@@H](C)C[C@H]4C3=O)cc2)cc1. The number of carbonyl (C=O) groups is 5. The zero-order valence-corrected chi connectivity index (χ0v) is 19.6. The molecule has 0 spiro atoms. The average Bonchev–Trinajstić information content (AvgIpc) is 3.07. The van der Waals surface area contributed by atoms with Crippen molar-refractivity contribution in [2.75, 3.05) is 22.1 Å². The number of fused-ring (bicyclic) bond motifs is 1. The maximum absolute atomic E-state index is 12.9. The van der Waals surface area contributed by atoms with Crippen LogP contribution in [0.4, 0.5) is 17.1 Å². The van der Waals surface area contributed by atoms with Crippen LogP contribution in [0.1, 0.15) is 43.5 Å². The molecule has 2 aliphatic rings. The quantitative estimate of drug-likeness (QED) is 0.486. The minimum atomic E-state index is -0.700. The number of ether oxygens (including phenoxy) is 1. The molecule has 0 aromatic heterocycles. The van der Waals surface area contributed by atoms with E-state index in [2.05, 4.69) is 17.6 Å². The smallest absolute Gasteiger partial charge is 0.338 e. The molecule has 1 aliphatic carbocycles. The van der Waals surface area contributed by atoms with E-state index in [1.54, 1.807) is 36.4 Å². The van der Waals surface area contributed by atoms with Gasteiger partial charge in [0.05, 0.1) is 23.1 Å². The van der Waals surface area contributed by atoms with E-state index >= 15 is 0 Å². The first-order chi connectivity index (χ1) is 16.7. The van der Waals surface area contributed by atoms with Crippen LogP contribution in [0, 0.1) is 17.8 Å². The number of nitrogens with one attached hydrogen (secondary N) is 2. The molecule has 1 saturated carbocycles. The van der Waals surface area contributed by atoms with Gasteiger partial charge in [0.1, 0.15) is 0 Å². The molecule has 1 aliphatic heterocycles. The van der Waals surface area contributed by atoms with E-state index in [1.807, 2.05) is 0 Å². The predicted molar refractivity (Wildman–Crippen MR) is 129 cm³/mol. The van der Waals surface area contributed by atoms with Gasteiger partial charge in [-0.1, -0.05) is 6.92 Å². The van der Waals surface area contributed by atoms with Crippen molar-refractivity contribution in [1.29, 1.82) is 0 Å². The summed E-state index contributed by atoms with van der Waals surface area (Å²) in [6.45, 7) is 3.01. The Morgan fingerprint density at radius 2 is 1.49 bits per heavy atom. The lowest BCUT2D eigenvalue weighted by atomic mass is 9.76. The second-order valence-corrected chi connectivity index (χ2v) is 9.07. The van der Waals surface area contributed by atoms with Crippen molar-refractivity contribution in [2.24, 2.45) is 17.8 Å². The van der Waals surface area contributed by atoms with Gasteiger partial charge in [-0.2, -0.15) is 0 Å². The number of nitrogens with zero attached hydrogens (tertiary/aromatic N) is 1. The van der Waals surface area contributed by atoms with Crippen molar-refractivity contribution in [2.45, 2.75) is 33.1 Å². The Hall–Kier alpha value is -4.01. The Morgan fingerprint density at radius 3 is 2.11 bits per heavy atom. The number of esters is 1. The zero-order chi connectivity index (χ0) is 25.1. The molecule has 4 amide bonds. The van der Waals surface area contributed by atoms with Gasteiger partial charge in [0.2, 0.25) is 17.7 Å². The summed E-state index contributed by atoms with van der Waals surface area (Å²) >= 11 is 0. The van der Waals surface area contributed by atoms with E-state index in [4.69, 9.17) is 4.74 Å². The summed E-state index contributed by atoms with van der Waals surface area (Å²) in [7, 11) is 0. The largest absolute Gasteiger partial charge is 0.452 e. The van der Waals surface area contributed by atoms with Crippen molar-refractivity contribution in [3.8, 4) is 0 Å². The molecular formula is C26H27N3O6. The van der Waals surface area contributed by atoms with E-state index in [1.165, 1.54) is 24.0 Å². The lowest BCUT2D eigenvalue weighted by Crippen LogP contribution is -2.30.